The van der Waals surface area contributed by atoms with E-state index in [9.17, 15) is 0 Å². The lowest BCUT2D eigenvalue weighted by atomic mass is 9.99. The summed E-state index contributed by atoms with van der Waals surface area (Å²) in [6.07, 6.45) is 3.72. The molecule has 0 aliphatic heterocycles. The summed E-state index contributed by atoms with van der Waals surface area (Å²) >= 11 is 6.06. The molecule has 0 spiro atoms. The normalized spacial score (nSPS) is 16.6. The van der Waals surface area contributed by atoms with Gasteiger partial charge in [0.1, 0.15) is 0 Å². The van der Waals surface area contributed by atoms with Gasteiger partial charge in [0.05, 0.1) is 6.61 Å². The maximum Gasteiger partial charge on any atom is 0.0509 e. The fourth-order valence-electron chi connectivity index (χ4n) is 2.28. The van der Waals surface area contributed by atoms with Gasteiger partial charge in [0.25, 0.3) is 0 Å². The molecule has 0 bridgehead atoms. The first-order valence-corrected chi connectivity index (χ1v) is 8.07. The Morgan fingerprint density at radius 3 is 2.80 bits per heavy atom. The number of nitrogens with one attached hydrogen (secondary N) is 1. The van der Waals surface area contributed by atoms with Crippen molar-refractivity contribution in [1.82, 2.24) is 5.32 Å². The summed E-state index contributed by atoms with van der Waals surface area (Å²) in [5.41, 5.74) is 1.29. The molecule has 1 aliphatic carbocycles. The molecule has 1 aromatic rings. The van der Waals surface area contributed by atoms with Gasteiger partial charge >= 0.3 is 0 Å². The van der Waals surface area contributed by atoms with Crippen molar-refractivity contribution in [2.45, 2.75) is 39.2 Å². The molecule has 0 saturated heterocycles. The first-order chi connectivity index (χ1) is 9.63. The number of halogens is 1. The first kappa shape index (κ1) is 15.8. The molecule has 20 heavy (non-hydrogen) atoms. The highest BCUT2D eigenvalue weighted by Gasteiger charge is 2.22. The van der Waals surface area contributed by atoms with Crippen molar-refractivity contribution >= 4 is 11.6 Å². The number of rotatable bonds is 9. The molecule has 2 nitrogen and oxygen atoms in total. The zero-order valence-electron chi connectivity index (χ0n) is 12.6. The van der Waals surface area contributed by atoms with Crippen molar-refractivity contribution in [3.05, 3.63) is 34.9 Å². The number of benzene rings is 1. The Bertz CT molecular complexity index is 404. The summed E-state index contributed by atoms with van der Waals surface area (Å²) in [4.78, 5) is 0. The van der Waals surface area contributed by atoms with Gasteiger partial charge in [-0.2, -0.15) is 0 Å². The van der Waals surface area contributed by atoms with Gasteiger partial charge in [0, 0.05) is 24.2 Å². The van der Waals surface area contributed by atoms with Gasteiger partial charge in [0.2, 0.25) is 0 Å². The van der Waals surface area contributed by atoms with Gasteiger partial charge < -0.3 is 10.1 Å². The predicted octanol–water partition coefficient (Wildman–Crippen LogP) is 3.92. The van der Waals surface area contributed by atoms with Crippen LogP contribution < -0.4 is 5.32 Å². The van der Waals surface area contributed by atoms with Crippen LogP contribution in [0.25, 0.3) is 0 Å². The molecule has 0 amide bonds. The van der Waals surface area contributed by atoms with Gasteiger partial charge in [-0.05, 0) is 48.8 Å². The predicted molar refractivity (Wildman–Crippen MR) is 85.3 cm³/mol. The molecule has 0 heterocycles. The zero-order valence-corrected chi connectivity index (χ0v) is 13.3. The Balaban J connectivity index is 1.82. The van der Waals surface area contributed by atoms with Crippen LogP contribution in [0.4, 0.5) is 0 Å². The van der Waals surface area contributed by atoms with Crippen LogP contribution in [0, 0.1) is 11.8 Å². The van der Waals surface area contributed by atoms with E-state index in [2.05, 4.69) is 31.3 Å². The second-order valence-electron chi connectivity index (χ2n) is 6.24. The van der Waals surface area contributed by atoms with Crippen LogP contribution in [0.15, 0.2) is 24.3 Å². The maximum absolute atomic E-state index is 6.06. The molecular formula is C17H26ClNO. The Kier molecular flexibility index (Phi) is 6.34. The second kappa shape index (κ2) is 8.02. The lowest BCUT2D eigenvalue weighted by Gasteiger charge is -2.19. The van der Waals surface area contributed by atoms with E-state index >= 15 is 0 Å². The molecule has 1 N–H and O–H groups in total. The van der Waals surface area contributed by atoms with E-state index in [1.54, 1.807) is 0 Å². The van der Waals surface area contributed by atoms with E-state index in [-0.39, 0.29) is 0 Å². The van der Waals surface area contributed by atoms with Crippen LogP contribution in [0.2, 0.25) is 5.02 Å². The molecule has 1 fully saturated rings. The highest BCUT2D eigenvalue weighted by Crippen LogP contribution is 2.29. The Labute approximate surface area is 127 Å². The third kappa shape index (κ3) is 6.25. The van der Waals surface area contributed by atoms with Gasteiger partial charge in [-0.25, -0.2) is 0 Å². The van der Waals surface area contributed by atoms with E-state index in [0.29, 0.717) is 12.0 Å². The van der Waals surface area contributed by atoms with Crippen LogP contribution >= 0.6 is 11.6 Å². The monoisotopic (exact) mass is 295 g/mol. The van der Waals surface area contributed by atoms with E-state index < -0.39 is 0 Å². The lowest BCUT2D eigenvalue weighted by molar-refractivity contribution is 0.0901. The Morgan fingerprint density at radius 2 is 2.15 bits per heavy atom. The zero-order chi connectivity index (χ0) is 14.4. The Hall–Kier alpha value is -0.570. The second-order valence-corrected chi connectivity index (χ2v) is 6.68. The average molecular weight is 296 g/mol. The quantitative estimate of drug-likeness (QED) is 0.745. The number of hydrogen-bond acceptors (Lipinski definition) is 2. The number of hydrogen-bond donors (Lipinski definition) is 1. The summed E-state index contributed by atoms with van der Waals surface area (Å²) in [5.74, 6) is 1.34. The molecule has 1 saturated carbocycles. The van der Waals surface area contributed by atoms with Crippen molar-refractivity contribution in [2.24, 2.45) is 11.8 Å². The van der Waals surface area contributed by atoms with Crippen LogP contribution in [0.1, 0.15) is 32.3 Å². The van der Waals surface area contributed by atoms with Gasteiger partial charge in [-0.3, -0.25) is 0 Å². The van der Waals surface area contributed by atoms with Gasteiger partial charge in [0.15, 0.2) is 0 Å². The van der Waals surface area contributed by atoms with Gasteiger partial charge in [-0.15, -0.1) is 0 Å². The Morgan fingerprint density at radius 1 is 1.35 bits per heavy atom. The summed E-state index contributed by atoms with van der Waals surface area (Å²) in [6.45, 7) is 7.13. The molecular weight excluding hydrogens is 270 g/mol. The molecule has 112 valence electrons. The number of ether oxygens (including phenoxy) is 1. The topological polar surface area (TPSA) is 21.3 Å². The highest BCUT2D eigenvalue weighted by atomic mass is 35.5. The molecule has 1 aliphatic rings. The van der Waals surface area contributed by atoms with E-state index in [0.717, 1.165) is 37.1 Å². The molecule has 0 aromatic heterocycles. The highest BCUT2D eigenvalue weighted by molar-refractivity contribution is 6.30. The standard InChI is InChI=1S/C17H26ClNO/c1-13(2)19-10-16(12-20-11-14-6-7-14)8-15-4-3-5-17(18)9-15/h3-5,9,13-14,16,19H,6-8,10-12H2,1-2H3. The van der Waals surface area contributed by atoms with Crippen LogP contribution in [-0.4, -0.2) is 25.8 Å². The van der Waals surface area contributed by atoms with Crippen LogP contribution in [0.5, 0.6) is 0 Å². The van der Waals surface area contributed by atoms with E-state index in [1.807, 2.05) is 12.1 Å². The SMILES string of the molecule is CC(C)NCC(COCC1CC1)Cc1cccc(Cl)c1. The molecule has 1 atom stereocenters. The van der Waals surface area contributed by atoms with Crippen molar-refractivity contribution in [3.8, 4) is 0 Å². The van der Waals surface area contributed by atoms with Crippen LogP contribution in [0.3, 0.4) is 0 Å². The first-order valence-electron chi connectivity index (χ1n) is 7.69. The minimum absolute atomic E-state index is 0.509. The molecule has 1 unspecified atom stereocenters. The largest absolute Gasteiger partial charge is 0.381 e. The third-order valence-corrected chi connectivity index (χ3v) is 3.87. The average Bonchev–Trinajstić information content (AvgIpc) is 3.20. The fraction of sp³-hybridized carbons (Fsp3) is 0.647. The third-order valence-electron chi connectivity index (χ3n) is 3.63. The minimum atomic E-state index is 0.509. The smallest absolute Gasteiger partial charge is 0.0509 e. The lowest BCUT2D eigenvalue weighted by Crippen LogP contribution is -2.32. The van der Waals surface area contributed by atoms with E-state index in [1.165, 1.54) is 18.4 Å². The maximum atomic E-state index is 6.06. The van der Waals surface area contributed by atoms with Crippen molar-refractivity contribution in [3.63, 3.8) is 0 Å². The minimum Gasteiger partial charge on any atom is -0.381 e. The van der Waals surface area contributed by atoms with Crippen molar-refractivity contribution < 1.29 is 4.74 Å². The summed E-state index contributed by atoms with van der Waals surface area (Å²) in [6, 6.07) is 8.67. The van der Waals surface area contributed by atoms with Crippen molar-refractivity contribution in [2.75, 3.05) is 19.8 Å². The summed E-state index contributed by atoms with van der Waals surface area (Å²) < 4.78 is 5.88. The molecule has 1 aromatic carbocycles. The molecule has 2 rings (SSSR count). The summed E-state index contributed by atoms with van der Waals surface area (Å²) in [5, 5.41) is 4.34. The van der Waals surface area contributed by atoms with E-state index in [4.69, 9.17) is 16.3 Å². The molecule has 0 radical (unpaired) electrons. The summed E-state index contributed by atoms with van der Waals surface area (Å²) in [7, 11) is 0. The van der Waals surface area contributed by atoms with Gasteiger partial charge in [-0.1, -0.05) is 37.6 Å². The molecule has 3 heteroatoms. The fourth-order valence-corrected chi connectivity index (χ4v) is 2.49. The van der Waals surface area contributed by atoms with Crippen molar-refractivity contribution in [1.29, 1.82) is 0 Å². The van der Waals surface area contributed by atoms with Crippen LogP contribution in [-0.2, 0) is 11.2 Å².